The average Bonchev–Trinajstić information content (AvgIpc) is 3.67. The monoisotopic (exact) mass is 582 g/mol. The highest BCUT2D eigenvalue weighted by molar-refractivity contribution is 6.06. The number of nitrogens with zero attached hydrogens (tertiary/aromatic N) is 5. The van der Waals surface area contributed by atoms with E-state index in [4.69, 9.17) is 16.2 Å². The van der Waals surface area contributed by atoms with Crippen molar-refractivity contribution >= 4 is 22.4 Å². The summed E-state index contributed by atoms with van der Waals surface area (Å²) in [6, 6.07) is 20.1. The number of nitrogens with two attached hydrogens (primary N) is 2. The van der Waals surface area contributed by atoms with Crippen LogP contribution in [0.5, 0.6) is 0 Å². The molecule has 1 saturated carbocycles. The van der Waals surface area contributed by atoms with Crippen molar-refractivity contribution in [2.45, 2.75) is 49.9 Å². The normalized spacial score (nSPS) is 22.1. The Morgan fingerprint density at radius 1 is 0.977 bits per heavy atom. The van der Waals surface area contributed by atoms with E-state index in [-0.39, 0.29) is 12.5 Å². The molecule has 0 radical (unpaired) electrons. The summed E-state index contributed by atoms with van der Waals surface area (Å²) in [6.45, 7) is 1.10. The number of hydrogen-bond acceptors (Lipinski definition) is 9. The largest absolute Gasteiger partial charge is 0.389 e. The summed E-state index contributed by atoms with van der Waals surface area (Å²) in [6.07, 6.45) is 2.91. The van der Waals surface area contributed by atoms with Crippen LogP contribution in [0.4, 0.5) is 5.69 Å². The molecule has 0 aliphatic heterocycles. The number of aromatic nitrogens is 5. The van der Waals surface area contributed by atoms with Crippen LogP contribution in [0.25, 0.3) is 22.0 Å². The van der Waals surface area contributed by atoms with E-state index >= 15 is 0 Å². The van der Waals surface area contributed by atoms with Gasteiger partial charge in [-0.1, -0.05) is 47.7 Å². The van der Waals surface area contributed by atoms with Gasteiger partial charge in [0.15, 0.2) is 0 Å². The van der Waals surface area contributed by atoms with Crippen LogP contribution in [-0.2, 0) is 17.8 Å². The van der Waals surface area contributed by atoms with Gasteiger partial charge >= 0.3 is 0 Å². The van der Waals surface area contributed by atoms with E-state index in [0.29, 0.717) is 30.8 Å². The second-order valence-electron chi connectivity index (χ2n) is 10.9. The van der Waals surface area contributed by atoms with Gasteiger partial charge in [0.05, 0.1) is 44.0 Å². The first-order chi connectivity index (χ1) is 20.8. The molecule has 1 fully saturated rings. The Hall–Kier alpha value is -4.46. The van der Waals surface area contributed by atoms with Crippen LogP contribution >= 0.6 is 0 Å². The number of benzene rings is 3. The van der Waals surface area contributed by atoms with Gasteiger partial charge in [0.1, 0.15) is 17.9 Å². The number of carbonyl (C=O) groups is 1. The molecule has 0 unspecified atom stereocenters. The quantitative estimate of drug-likeness (QED) is 0.173. The third-order valence-corrected chi connectivity index (χ3v) is 7.71. The number of carbonyl (C=O) groups excluding carboxylic acids is 1. The van der Waals surface area contributed by atoms with Gasteiger partial charge in [-0.15, -0.1) is 5.10 Å². The maximum atomic E-state index is 12.9. The number of fused-ring (bicyclic) bond motifs is 1. The Balaban J connectivity index is 1.04. The van der Waals surface area contributed by atoms with Crippen LogP contribution in [0.1, 0.15) is 22.5 Å². The molecule has 3 aromatic carbocycles. The van der Waals surface area contributed by atoms with E-state index in [9.17, 15) is 15.0 Å². The van der Waals surface area contributed by atoms with E-state index < -0.39 is 30.4 Å². The number of aliphatic hydroxyl groups is 2. The summed E-state index contributed by atoms with van der Waals surface area (Å²) in [7, 11) is 0. The van der Waals surface area contributed by atoms with E-state index in [2.05, 4.69) is 20.6 Å². The van der Waals surface area contributed by atoms with Crippen molar-refractivity contribution in [2.75, 3.05) is 11.9 Å². The van der Waals surface area contributed by atoms with Gasteiger partial charge in [0.25, 0.3) is 5.91 Å². The third kappa shape index (κ3) is 6.48. The zero-order chi connectivity index (χ0) is 29.9. The second kappa shape index (κ2) is 12.4. The molecule has 5 aromatic rings. The molecule has 43 heavy (non-hydrogen) atoms. The molecular weight excluding hydrogens is 548 g/mol. The Bertz CT molecular complexity index is 1720. The number of nitrogens with one attached hydrogen (secondary N) is 1. The molecule has 5 atom stereocenters. The molecule has 6 rings (SSSR count). The highest BCUT2D eigenvalue weighted by Gasteiger charge is 2.41. The van der Waals surface area contributed by atoms with Crippen molar-refractivity contribution < 1.29 is 19.7 Å². The van der Waals surface area contributed by atoms with Crippen molar-refractivity contribution in [1.29, 1.82) is 0 Å². The molecule has 12 heteroatoms. The number of rotatable bonds is 9. The first kappa shape index (κ1) is 28.6. The fourth-order valence-corrected chi connectivity index (χ4v) is 5.39. The predicted octanol–water partition coefficient (Wildman–Crippen LogP) is 1.76. The summed E-state index contributed by atoms with van der Waals surface area (Å²) < 4.78 is 9.32. The average molecular weight is 583 g/mol. The smallest absolute Gasteiger partial charge is 0.255 e. The summed E-state index contributed by atoms with van der Waals surface area (Å²) in [5.41, 5.74) is 15.5. The minimum Gasteiger partial charge on any atom is -0.389 e. The lowest BCUT2D eigenvalue weighted by atomic mass is 9.85. The molecule has 7 N–H and O–H groups in total. The van der Waals surface area contributed by atoms with Gasteiger partial charge in [0, 0.05) is 35.1 Å². The molecule has 222 valence electrons. The number of anilines is 1. The highest BCUT2D eigenvalue weighted by Crippen LogP contribution is 2.23. The summed E-state index contributed by atoms with van der Waals surface area (Å²) in [5.74, 6) is -0.179. The fraction of sp³-hybridized carbons (Fsp3) is 0.290. The highest BCUT2D eigenvalue weighted by atomic mass is 16.5. The molecule has 2 heterocycles. The summed E-state index contributed by atoms with van der Waals surface area (Å²) in [4.78, 5) is 17.5. The molecule has 0 spiro atoms. The van der Waals surface area contributed by atoms with Crippen LogP contribution in [-0.4, -0.2) is 77.7 Å². The van der Waals surface area contributed by atoms with Gasteiger partial charge in [-0.05, 0) is 41.5 Å². The number of amides is 1. The minimum atomic E-state index is -1.14. The molecule has 1 aliphatic rings. The molecule has 0 saturated heterocycles. The summed E-state index contributed by atoms with van der Waals surface area (Å²) in [5, 5.41) is 33.8. The van der Waals surface area contributed by atoms with Crippen LogP contribution in [0.15, 0.2) is 85.5 Å². The van der Waals surface area contributed by atoms with Crippen molar-refractivity contribution in [3.8, 4) is 11.3 Å². The van der Waals surface area contributed by atoms with E-state index in [0.717, 1.165) is 27.7 Å². The SMILES string of the molecule is N[C@@H]1C[C@H](N)[C@@H](OCCn2cc(Cn3cnc(-c4cccc(NC(=O)c5ccc6ccccc6c5)c4)c3)nn2)[C@H](O)[C@H]1O. The molecule has 2 aromatic heterocycles. The first-order valence-electron chi connectivity index (χ1n) is 14.1. The number of imidazole rings is 1. The fourth-order valence-electron chi connectivity index (χ4n) is 5.39. The standard InChI is InChI=1S/C31H34N8O4/c32-25-14-26(33)30(29(41)28(25)40)43-11-10-39-16-24(36-37-39)15-38-17-27(34-18-38)21-6-3-7-23(13-21)35-31(42)22-9-8-19-4-1-2-5-20(19)12-22/h1-9,12-13,16-18,25-26,28-30,40-41H,10-11,14-15,32-33H2,(H,35,42)/t25-,26+,28+,29-,30-/m1/s1. The van der Waals surface area contributed by atoms with Crippen molar-refractivity contribution in [3.63, 3.8) is 0 Å². The van der Waals surface area contributed by atoms with Crippen LogP contribution < -0.4 is 16.8 Å². The topological polar surface area (TPSA) is 179 Å². The van der Waals surface area contributed by atoms with Crippen LogP contribution in [0, 0.1) is 0 Å². The Kier molecular flexibility index (Phi) is 8.27. The van der Waals surface area contributed by atoms with Crippen molar-refractivity contribution in [3.05, 3.63) is 96.7 Å². The van der Waals surface area contributed by atoms with Crippen molar-refractivity contribution in [1.82, 2.24) is 24.5 Å². The molecule has 0 bridgehead atoms. The van der Waals surface area contributed by atoms with Gasteiger partial charge in [-0.2, -0.15) is 0 Å². The van der Waals surface area contributed by atoms with E-state index in [1.54, 1.807) is 11.0 Å². The number of hydrogen-bond donors (Lipinski definition) is 5. The molecular formula is C31H34N8O4. The van der Waals surface area contributed by atoms with Crippen LogP contribution in [0.3, 0.4) is 0 Å². The Labute approximate surface area is 247 Å². The van der Waals surface area contributed by atoms with Gasteiger partial charge < -0.3 is 36.3 Å². The zero-order valence-electron chi connectivity index (χ0n) is 23.4. The molecule has 1 amide bonds. The van der Waals surface area contributed by atoms with Crippen LogP contribution in [0.2, 0.25) is 0 Å². The molecule has 12 nitrogen and oxygen atoms in total. The van der Waals surface area contributed by atoms with E-state index in [1.165, 1.54) is 0 Å². The number of ether oxygens (including phenoxy) is 1. The lowest BCUT2D eigenvalue weighted by Gasteiger charge is -2.39. The Morgan fingerprint density at radius 3 is 2.67 bits per heavy atom. The predicted molar refractivity (Wildman–Crippen MR) is 161 cm³/mol. The lowest BCUT2D eigenvalue weighted by molar-refractivity contribution is -0.128. The van der Waals surface area contributed by atoms with Gasteiger partial charge in [0.2, 0.25) is 0 Å². The Morgan fingerprint density at radius 2 is 1.81 bits per heavy atom. The summed E-state index contributed by atoms with van der Waals surface area (Å²) >= 11 is 0. The maximum Gasteiger partial charge on any atom is 0.255 e. The number of aliphatic hydroxyl groups excluding tert-OH is 2. The van der Waals surface area contributed by atoms with E-state index in [1.807, 2.05) is 83.7 Å². The minimum absolute atomic E-state index is 0.179. The van der Waals surface area contributed by atoms with Crippen molar-refractivity contribution in [2.24, 2.45) is 11.5 Å². The zero-order valence-corrected chi connectivity index (χ0v) is 23.4. The lowest BCUT2D eigenvalue weighted by Crippen LogP contribution is -2.62. The van der Waals surface area contributed by atoms with Gasteiger partial charge in [-0.3, -0.25) is 4.79 Å². The molecule has 1 aliphatic carbocycles. The maximum absolute atomic E-state index is 12.9. The second-order valence-corrected chi connectivity index (χ2v) is 10.9. The van der Waals surface area contributed by atoms with Gasteiger partial charge in [-0.25, -0.2) is 9.67 Å². The first-order valence-corrected chi connectivity index (χ1v) is 14.1. The third-order valence-electron chi connectivity index (χ3n) is 7.71.